The number of amides is 1. The third kappa shape index (κ3) is 4.57. The SMILES string of the molecule is CC(C)Cc1ccc(-c2cc(C(=O)NCc3ccccc3)c3ccccc3n2)cc1. The van der Waals surface area contributed by atoms with Gasteiger partial charge in [-0.3, -0.25) is 4.79 Å². The molecule has 0 bridgehead atoms. The minimum Gasteiger partial charge on any atom is -0.348 e. The molecule has 3 heteroatoms. The maximum absolute atomic E-state index is 13.1. The molecule has 1 heterocycles. The van der Waals surface area contributed by atoms with Gasteiger partial charge in [0.05, 0.1) is 16.8 Å². The quantitative estimate of drug-likeness (QED) is 0.434. The van der Waals surface area contributed by atoms with Crippen LogP contribution in [0.5, 0.6) is 0 Å². The summed E-state index contributed by atoms with van der Waals surface area (Å²) in [6.45, 7) is 4.94. The van der Waals surface area contributed by atoms with E-state index in [1.54, 1.807) is 0 Å². The van der Waals surface area contributed by atoms with E-state index in [2.05, 4.69) is 43.4 Å². The highest BCUT2D eigenvalue weighted by Crippen LogP contribution is 2.25. The molecule has 1 amide bonds. The smallest absolute Gasteiger partial charge is 0.252 e. The Bertz CT molecular complexity index is 1150. The average molecular weight is 395 g/mol. The molecule has 1 N–H and O–H groups in total. The second kappa shape index (κ2) is 8.91. The summed E-state index contributed by atoms with van der Waals surface area (Å²) < 4.78 is 0. The average Bonchev–Trinajstić information content (AvgIpc) is 2.77. The number of nitrogens with zero attached hydrogens (tertiary/aromatic N) is 1. The first-order chi connectivity index (χ1) is 14.6. The lowest BCUT2D eigenvalue weighted by Crippen LogP contribution is -2.23. The van der Waals surface area contributed by atoms with Gasteiger partial charge in [0.25, 0.3) is 5.91 Å². The number of rotatable bonds is 6. The van der Waals surface area contributed by atoms with Crippen molar-refractivity contribution >= 4 is 16.8 Å². The summed E-state index contributed by atoms with van der Waals surface area (Å²) in [6, 6.07) is 28.2. The van der Waals surface area contributed by atoms with Crippen LogP contribution in [0.25, 0.3) is 22.2 Å². The van der Waals surface area contributed by atoms with Gasteiger partial charge in [-0.2, -0.15) is 0 Å². The Balaban J connectivity index is 1.66. The van der Waals surface area contributed by atoms with Crippen molar-refractivity contribution in [1.29, 1.82) is 0 Å². The van der Waals surface area contributed by atoms with Crippen molar-refractivity contribution in [3.05, 3.63) is 102 Å². The van der Waals surface area contributed by atoms with Crippen molar-refractivity contribution in [2.24, 2.45) is 5.92 Å². The highest BCUT2D eigenvalue weighted by Gasteiger charge is 2.14. The first-order valence-electron chi connectivity index (χ1n) is 10.4. The van der Waals surface area contributed by atoms with Crippen LogP contribution in [0.15, 0.2) is 84.9 Å². The van der Waals surface area contributed by atoms with Gasteiger partial charge >= 0.3 is 0 Å². The van der Waals surface area contributed by atoms with Gasteiger partial charge < -0.3 is 5.32 Å². The molecule has 3 nitrogen and oxygen atoms in total. The Kier molecular flexibility index (Phi) is 5.89. The Morgan fingerprint density at radius 3 is 2.30 bits per heavy atom. The number of benzene rings is 3. The molecule has 0 saturated heterocycles. The van der Waals surface area contributed by atoms with Crippen LogP contribution in [0, 0.1) is 5.92 Å². The van der Waals surface area contributed by atoms with Crippen LogP contribution in [0.4, 0.5) is 0 Å². The molecule has 4 aromatic rings. The number of hydrogen-bond acceptors (Lipinski definition) is 2. The Labute approximate surface area is 177 Å². The summed E-state index contributed by atoms with van der Waals surface area (Å²) in [7, 11) is 0. The number of hydrogen-bond donors (Lipinski definition) is 1. The monoisotopic (exact) mass is 394 g/mol. The molecule has 0 radical (unpaired) electrons. The standard InChI is InChI=1S/C27H26N2O/c1-19(2)16-20-12-14-22(15-13-20)26-17-24(23-10-6-7-11-25(23)29-26)27(30)28-18-21-8-4-3-5-9-21/h3-15,17,19H,16,18H2,1-2H3,(H,28,30). The third-order valence-electron chi connectivity index (χ3n) is 5.15. The van der Waals surface area contributed by atoms with Crippen LogP contribution in [-0.2, 0) is 13.0 Å². The van der Waals surface area contributed by atoms with Crippen LogP contribution in [0.2, 0.25) is 0 Å². The predicted octanol–water partition coefficient (Wildman–Crippen LogP) is 6.03. The lowest BCUT2D eigenvalue weighted by atomic mass is 9.99. The molecule has 0 aliphatic rings. The zero-order chi connectivity index (χ0) is 20.9. The molecule has 0 spiro atoms. The lowest BCUT2D eigenvalue weighted by Gasteiger charge is -2.11. The lowest BCUT2D eigenvalue weighted by molar-refractivity contribution is 0.0952. The molecule has 3 aromatic carbocycles. The van der Waals surface area contributed by atoms with Gasteiger partial charge in [0.1, 0.15) is 0 Å². The zero-order valence-electron chi connectivity index (χ0n) is 17.4. The van der Waals surface area contributed by atoms with Gasteiger partial charge in [0, 0.05) is 17.5 Å². The molecule has 0 aliphatic carbocycles. The van der Waals surface area contributed by atoms with Gasteiger partial charge in [-0.25, -0.2) is 4.98 Å². The van der Waals surface area contributed by atoms with Crippen molar-refractivity contribution in [2.75, 3.05) is 0 Å². The van der Waals surface area contributed by atoms with Crippen LogP contribution in [-0.4, -0.2) is 10.9 Å². The number of aromatic nitrogens is 1. The van der Waals surface area contributed by atoms with Crippen molar-refractivity contribution in [3.8, 4) is 11.3 Å². The van der Waals surface area contributed by atoms with Gasteiger partial charge in [-0.15, -0.1) is 0 Å². The summed E-state index contributed by atoms with van der Waals surface area (Å²) in [5.74, 6) is 0.532. The van der Waals surface area contributed by atoms with Gasteiger partial charge in [0.15, 0.2) is 0 Å². The molecular weight excluding hydrogens is 368 g/mol. The Morgan fingerprint density at radius 1 is 0.867 bits per heavy atom. The first kappa shape index (κ1) is 19.8. The maximum Gasteiger partial charge on any atom is 0.252 e. The summed E-state index contributed by atoms with van der Waals surface area (Å²) >= 11 is 0. The molecule has 0 atom stereocenters. The highest BCUT2D eigenvalue weighted by atomic mass is 16.1. The minimum atomic E-state index is -0.0878. The molecule has 4 rings (SSSR count). The maximum atomic E-state index is 13.1. The summed E-state index contributed by atoms with van der Waals surface area (Å²) in [5, 5.41) is 3.91. The summed E-state index contributed by atoms with van der Waals surface area (Å²) in [6.07, 6.45) is 1.05. The van der Waals surface area contributed by atoms with E-state index in [-0.39, 0.29) is 5.91 Å². The van der Waals surface area contributed by atoms with Crippen LogP contribution >= 0.6 is 0 Å². The van der Waals surface area contributed by atoms with E-state index >= 15 is 0 Å². The van der Waals surface area contributed by atoms with Crippen LogP contribution in [0.1, 0.15) is 35.3 Å². The Morgan fingerprint density at radius 2 is 1.57 bits per heavy atom. The van der Waals surface area contributed by atoms with E-state index in [9.17, 15) is 4.79 Å². The number of para-hydroxylation sites is 1. The molecule has 0 unspecified atom stereocenters. The fraction of sp³-hybridized carbons (Fsp3) is 0.185. The van der Waals surface area contributed by atoms with Gasteiger partial charge in [0.2, 0.25) is 0 Å². The normalized spacial score (nSPS) is 11.0. The van der Waals surface area contributed by atoms with Crippen molar-refractivity contribution in [3.63, 3.8) is 0 Å². The number of fused-ring (bicyclic) bond motifs is 1. The molecule has 0 saturated carbocycles. The predicted molar refractivity (Wildman–Crippen MR) is 123 cm³/mol. The number of pyridine rings is 1. The van der Waals surface area contributed by atoms with Crippen molar-refractivity contribution < 1.29 is 4.79 Å². The van der Waals surface area contributed by atoms with Gasteiger partial charge in [-0.1, -0.05) is 86.6 Å². The van der Waals surface area contributed by atoms with Gasteiger partial charge in [-0.05, 0) is 35.6 Å². The third-order valence-corrected chi connectivity index (χ3v) is 5.15. The number of nitrogens with one attached hydrogen (secondary N) is 1. The van der Waals surface area contributed by atoms with E-state index in [0.29, 0.717) is 18.0 Å². The second-order valence-electron chi connectivity index (χ2n) is 8.04. The molecular formula is C27H26N2O. The zero-order valence-corrected chi connectivity index (χ0v) is 17.4. The molecule has 150 valence electrons. The summed E-state index contributed by atoms with van der Waals surface area (Å²) in [5.41, 5.74) is 5.70. The van der Waals surface area contributed by atoms with Crippen LogP contribution < -0.4 is 5.32 Å². The van der Waals surface area contributed by atoms with E-state index in [1.165, 1.54) is 5.56 Å². The highest BCUT2D eigenvalue weighted by molar-refractivity contribution is 6.07. The fourth-order valence-corrected chi connectivity index (χ4v) is 3.67. The largest absolute Gasteiger partial charge is 0.348 e. The second-order valence-corrected chi connectivity index (χ2v) is 8.04. The number of carbonyl (C=O) groups excluding carboxylic acids is 1. The van der Waals surface area contributed by atoms with Crippen LogP contribution in [0.3, 0.4) is 0 Å². The summed E-state index contributed by atoms with van der Waals surface area (Å²) in [4.78, 5) is 17.9. The Hall–Kier alpha value is -3.46. The molecule has 1 aromatic heterocycles. The van der Waals surface area contributed by atoms with E-state index in [4.69, 9.17) is 4.98 Å². The molecule has 0 aliphatic heterocycles. The fourth-order valence-electron chi connectivity index (χ4n) is 3.67. The van der Waals surface area contributed by atoms with E-state index < -0.39 is 0 Å². The first-order valence-corrected chi connectivity index (χ1v) is 10.4. The van der Waals surface area contributed by atoms with Crippen molar-refractivity contribution in [1.82, 2.24) is 10.3 Å². The number of carbonyl (C=O) groups is 1. The minimum absolute atomic E-state index is 0.0878. The topological polar surface area (TPSA) is 42.0 Å². The van der Waals surface area contributed by atoms with Crippen molar-refractivity contribution in [2.45, 2.75) is 26.8 Å². The molecule has 0 fully saturated rings. The van der Waals surface area contributed by atoms with E-state index in [1.807, 2.05) is 60.7 Å². The molecule has 30 heavy (non-hydrogen) atoms. The van der Waals surface area contributed by atoms with E-state index in [0.717, 1.165) is 34.1 Å².